The first kappa shape index (κ1) is 15.7. The van der Waals surface area contributed by atoms with Crippen LogP contribution in [0.2, 0.25) is 10.0 Å². The normalized spacial score (nSPS) is 12.0. The molecule has 0 heterocycles. The van der Waals surface area contributed by atoms with Crippen LogP contribution in [0.4, 0.5) is 0 Å². The summed E-state index contributed by atoms with van der Waals surface area (Å²) in [6.07, 6.45) is -0.815. The smallest absolute Gasteiger partial charge is 0.345 e. The van der Waals surface area contributed by atoms with Crippen molar-refractivity contribution in [1.29, 1.82) is 0 Å². The van der Waals surface area contributed by atoms with E-state index in [2.05, 4.69) is 0 Å². The third-order valence-electron chi connectivity index (χ3n) is 2.98. The Morgan fingerprint density at radius 2 is 1.81 bits per heavy atom. The molecular weight excluding hydrogens is 311 g/mol. The van der Waals surface area contributed by atoms with Gasteiger partial charge in [0.15, 0.2) is 6.10 Å². The number of carboxylic acids is 1. The average molecular weight is 325 g/mol. The van der Waals surface area contributed by atoms with E-state index in [1.54, 1.807) is 30.3 Å². The fraction of sp³-hybridized carbons (Fsp3) is 0.188. The second-order valence-corrected chi connectivity index (χ2v) is 5.56. The maximum atomic E-state index is 11.4. The number of para-hydroxylation sites is 1. The number of hydrogen-bond acceptors (Lipinski definition) is 2. The summed E-state index contributed by atoms with van der Waals surface area (Å²) in [5.41, 5.74) is 1.60. The molecule has 3 nitrogen and oxygen atoms in total. The van der Waals surface area contributed by atoms with Gasteiger partial charge in [0.25, 0.3) is 0 Å². The van der Waals surface area contributed by atoms with E-state index in [0.717, 1.165) is 5.56 Å². The molecule has 1 atom stereocenters. The van der Waals surface area contributed by atoms with Gasteiger partial charge in [-0.1, -0.05) is 41.4 Å². The van der Waals surface area contributed by atoms with Crippen molar-refractivity contribution in [2.45, 2.75) is 19.4 Å². The molecule has 0 aliphatic carbocycles. The summed E-state index contributed by atoms with van der Waals surface area (Å²) in [6, 6.07) is 12.3. The Bertz CT molecular complexity index is 635. The number of aliphatic carboxylic acids is 1. The summed E-state index contributed by atoms with van der Waals surface area (Å²) in [5, 5.41) is 10.3. The Hall–Kier alpha value is -1.71. The van der Waals surface area contributed by atoms with E-state index < -0.39 is 12.1 Å². The molecule has 0 fully saturated rings. The molecule has 0 unspecified atom stereocenters. The number of ether oxygens (including phenoxy) is 1. The van der Waals surface area contributed by atoms with Crippen LogP contribution in [0.3, 0.4) is 0 Å². The van der Waals surface area contributed by atoms with Crippen molar-refractivity contribution < 1.29 is 14.6 Å². The predicted octanol–water partition coefficient (Wildman–Crippen LogP) is 4.38. The van der Waals surface area contributed by atoms with E-state index in [4.69, 9.17) is 27.9 Å². The summed E-state index contributed by atoms with van der Waals surface area (Å²) in [6.45, 7) is 1.87. The number of aryl methyl sites for hydroxylation is 1. The summed E-state index contributed by atoms with van der Waals surface area (Å²) in [7, 11) is 0. The Morgan fingerprint density at radius 3 is 2.38 bits per heavy atom. The highest BCUT2D eigenvalue weighted by molar-refractivity contribution is 6.34. The fourth-order valence-electron chi connectivity index (χ4n) is 1.96. The minimum absolute atomic E-state index is 0.184. The number of benzene rings is 2. The summed E-state index contributed by atoms with van der Waals surface area (Å²) >= 11 is 11.9. The van der Waals surface area contributed by atoms with Crippen molar-refractivity contribution in [3.63, 3.8) is 0 Å². The van der Waals surface area contributed by atoms with Crippen LogP contribution >= 0.6 is 23.2 Å². The molecule has 21 heavy (non-hydrogen) atoms. The van der Waals surface area contributed by atoms with Crippen LogP contribution in [0.1, 0.15) is 11.1 Å². The number of rotatable bonds is 5. The number of carboxylic acid groups (broad SMARTS) is 1. The van der Waals surface area contributed by atoms with Crippen LogP contribution in [0.25, 0.3) is 0 Å². The Labute approximate surface area is 133 Å². The molecule has 1 N–H and O–H groups in total. The lowest BCUT2D eigenvalue weighted by Crippen LogP contribution is -2.29. The van der Waals surface area contributed by atoms with Gasteiger partial charge in [0.1, 0.15) is 5.75 Å². The van der Waals surface area contributed by atoms with Crippen molar-refractivity contribution >= 4 is 29.2 Å². The standard InChI is InChI=1S/C16H14Cl2O3/c1-10-4-2-3-5-14(10)21-15(16(19)20)8-11-6-12(17)9-13(18)7-11/h2-7,9,15H,8H2,1H3,(H,19,20)/t15-/m1/s1. The molecule has 2 rings (SSSR count). The SMILES string of the molecule is Cc1ccccc1O[C@H](Cc1cc(Cl)cc(Cl)c1)C(=O)O. The number of hydrogen-bond donors (Lipinski definition) is 1. The van der Waals surface area contributed by atoms with Crippen LogP contribution < -0.4 is 4.74 Å². The molecule has 0 spiro atoms. The molecule has 110 valence electrons. The molecule has 0 radical (unpaired) electrons. The lowest BCUT2D eigenvalue weighted by molar-refractivity contribution is -0.145. The fourth-order valence-corrected chi connectivity index (χ4v) is 2.54. The lowest BCUT2D eigenvalue weighted by atomic mass is 10.1. The Balaban J connectivity index is 2.20. The van der Waals surface area contributed by atoms with Crippen LogP contribution in [-0.4, -0.2) is 17.2 Å². The third kappa shape index (κ3) is 4.38. The molecule has 0 saturated heterocycles. The molecule has 2 aromatic carbocycles. The van der Waals surface area contributed by atoms with Gasteiger partial charge in [-0.15, -0.1) is 0 Å². The van der Waals surface area contributed by atoms with Gasteiger partial charge in [0.2, 0.25) is 0 Å². The molecule has 0 bridgehead atoms. The van der Waals surface area contributed by atoms with Crippen molar-refractivity contribution in [3.05, 3.63) is 63.6 Å². The largest absolute Gasteiger partial charge is 0.478 e. The Kier molecular flexibility index (Phi) is 5.10. The van der Waals surface area contributed by atoms with Gasteiger partial charge >= 0.3 is 5.97 Å². The van der Waals surface area contributed by atoms with Crippen LogP contribution in [0.5, 0.6) is 5.75 Å². The van der Waals surface area contributed by atoms with E-state index in [9.17, 15) is 9.90 Å². The van der Waals surface area contributed by atoms with Gasteiger partial charge in [-0.05, 0) is 42.3 Å². The van der Waals surface area contributed by atoms with Crippen molar-refractivity contribution in [2.75, 3.05) is 0 Å². The maximum absolute atomic E-state index is 11.4. The van der Waals surface area contributed by atoms with Gasteiger partial charge in [-0.2, -0.15) is 0 Å². The van der Waals surface area contributed by atoms with Crippen molar-refractivity contribution in [2.24, 2.45) is 0 Å². The molecular formula is C16H14Cl2O3. The first-order valence-electron chi connectivity index (χ1n) is 6.36. The molecule has 5 heteroatoms. The number of carbonyl (C=O) groups is 1. The summed E-state index contributed by atoms with van der Waals surface area (Å²) in [4.78, 5) is 11.4. The monoisotopic (exact) mass is 324 g/mol. The molecule has 0 amide bonds. The average Bonchev–Trinajstić information content (AvgIpc) is 2.39. The lowest BCUT2D eigenvalue weighted by Gasteiger charge is -2.17. The minimum atomic E-state index is -1.03. The first-order chi connectivity index (χ1) is 9.95. The summed E-state index contributed by atoms with van der Waals surface area (Å²) < 4.78 is 5.60. The van der Waals surface area contributed by atoms with Gasteiger partial charge in [-0.25, -0.2) is 4.79 Å². The minimum Gasteiger partial charge on any atom is -0.478 e. The van der Waals surface area contributed by atoms with Gasteiger partial charge in [0.05, 0.1) is 0 Å². The van der Waals surface area contributed by atoms with E-state index >= 15 is 0 Å². The highest BCUT2D eigenvalue weighted by Crippen LogP contribution is 2.23. The van der Waals surface area contributed by atoms with E-state index in [1.165, 1.54) is 0 Å². The zero-order valence-corrected chi connectivity index (χ0v) is 12.9. The molecule has 0 aromatic heterocycles. The number of halogens is 2. The van der Waals surface area contributed by atoms with E-state index in [1.807, 2.05) is 19.1 Å². The second-order valence-electron chi connectivity index (χ2n) is 4.69. The first-order valence-corrected chi connectivity index (χ1v) is 7.11. The highest BCUT2D eigenvalue weighted by atomic mass is 35.5. The van der Waals surface area contributed by atoms with Crippen LogP contribution in [-0.2, 0) is 11.2 Å². The summed E-state index contributed by atoms with van der Waals surface area (Å²) in [5.74, 6) is -0.479. The molecule has 2 aromatic rings. The molecule has 0 saturated carbocycles. The van der Waals surface area contributed by atoms with Crippen LogP contribution in [0.15, 0.2) is 42.5 Å². The Morgan fingerprint density at radius 1 is 1.19 bits per heavy atom. The predicted molar refractivity (Wildman–Crippen MR) is 83.4 cm³/mol. The van der Waals surface area contributed by atoms with Gasteiger partial charge < -0.3 is 9.84 Å². The van der Waals surface area contributed by atoms with E-state index in [-0.39, 0.29) is 6.42 Å². The second kappa shape index (κ2) is 6.83. The maximum Gasteiger partial charge on any atom is 0.345 e. The van der Waals surface area contributed by atoms with Crippen LogP contribution in [0, 0.1) is 6.92 Å². The zero-order valence-electron chi connectivity index (χ0n) is 11.3. The third-order valence-corrected chi connectivity index (χ3v) is 3.42. The van der Waals surface area contributed by atoms with E-state index in [0.29, 0.717) is 21.4 Å². The quantitative estimate of drug-likeness (QED) is 0.887. The highest BCUT2D eigenvalue weighted by Gasteiger charge is 2.21. The molecule has 0 aliphatic heterocycles. The van der Waals surface area contributed by atoms with Crippen molar-refractivity contribution in [3.8, 4) is 5.75 Å². The topological polar surface area (TPSA) is 46.5 Å². The zero-order chi connectivity index (χ0) is 15.4. The van der Waals surface area contributed by atoms with Gasteiger partial charge in [-0.3, -0.25) is 0 Å². The van der Waals surface area contributed by atoms with Gasteiger partial charge in [0, 0.05) is 16.5 Å². The van der Waals surface area contributed by atoms with Crippen molar-refractivity contribution in [1.82, 2.24) is 0 Å². The molecule has 0 aliphatic rings.